The van der Waals surface area contributed by atoms with E-state index in [4.69, 9.17) is 8.85 Å². The van der Waals surface area contributed by atoms with E-state index in [9.17, 15) is 0 Å². The molecular weight excluding hydrogens is 314 g/mol. The molecule has 0 aromatic heterocycles. The lowest BCUT2D eigenvalue weighted by Gasteiger charge is -2.45. The summed E-state index contributed by atoms with van der Waals surface area (Å²) in [6.07, 6.45) is 12.9. The van der Waals surface area contributed by atoms with Crippen molar-refractivity contribution in [3.05, 3.63) is 0 Å². The Morgan fingerprint density at radius 1 is 0.792 bits per heavy atom. The lowest BCUT2D eigenvalue weighted by Crippen LogP contribution is -2.65. The first kappa shape index (κ1) is 20.4. The zero-order chi connectivity index (χ0) is 17.4. The van der Waals surface area contributed by atoms with Gasteiger partial charge in [-0.3, -0.25) is 4.98 Å². The second-order valence-corrected chi connectivity index (χ2v) is 11.2. The molecule has 2 rings (SSSR count). The van der Waals surface area contributed by atoms with Gasteiger partial charge < -0.3 is 8.85 Å². The van der Waals surface area contributed by atoms with E-state index in [0.717, 1.165) is 37.9 Å². The first-order chi connectivity index (χ1) is 11.6. The zero-order valence-corrected chi connectivity index (χ0v) is 17.6. The summed E-state index contributed by atoms with van der Waals surface area (Å²) >= 11 is 0. The predicted octanol–water partition coefficient (Wildman–Crippen LogP) is 5.53. The molecule has 0 radical (unpaired) electrons. The average molecular weight is 356 g/mol. The van der Waals surface area contributed by atoms with Crippen LogP contribution in [-0.4, -0.2) is 28.0 Å². The fourth-order valence-electron chi connectivity index (χ4n) is 4.62. The van der Waals surface area contributed by atoms with Crippen molar-refractivity contribution in [3.63, 3.8) is 0 Å². The van der Waals surface area contributed by atoms with Crippen molar-refractivity contribution in [1.29, 1.82) is 0 Å². The maximum atomic E-state index is 6.65. The zero-order valence-electron chi connectivity index (χ0n) is 16.6. The molecule has 0 amide bonds. The molecule has 0 saturated heterocycles. The summed E-state index contributed by atoms with van der Waals surface area (Å²) in [5.74, 6) is 1.48. The Morgan fingerprint density at radius 3 is 1.88 bits per heavy atom. The van der Waals surface area contributed by atoms with Crippen molar-refractivity contribution < 1.29 is 8.85 Å². The minimum atomic E-state index is -2.38. The Labute approximate surface area is 151 Å². The van der Waals surface area contributed by atoms with E-state index < -0.39 is 8.72 Å². The molecule has 2 fully saturated rings. The van der Waals surface area contributed by atoms with Gasteiger partial charge in [0.05, 0.1) is 0 Å². The van der Waals surface area contributed by atoms with Gasteiger partial charge in [-0.1, -0.05) is 59.8 Å². The summed E-state index contributed by atoms with van der Waals surface area (Å²) < 4.78 is 13.3. The van der Waals surface area contributed by atoms with E-state index in [1.807, 2.05) is 0 Å². The largest absolute Gasteiger partial charge is 0.428 e. The fourth-order valence-corrected chi connectivity index (χ4v) is 8.98. The topological polar surface area (TPSA) is 30.5 Å². The highest BCUT2D eigenvalue weighted by Crippen LogP contribution is 2.42. The summed E-state index contributed by atoms with van der Waals surface area (Å²) in [6, 6.07) is 0.591. The van der Waals surface area contributed by atoms with Crippen molar-refractivity contribution in [2.75, 3.05) is 13.2 Å². The van der Waals surface area contributed by atoms with E-state index in [1.165, 1.54) is 51.4 Å². The van der Waals surface area contributed by atoms with E-state index in [2.05, 4.69) is 32.7 Å². The van der Waals surface area contributed by atoms with Crippen LogP contribution in [0.3, 0.4) is 0 Å². The molecule has 2 aliphatic carbocycles. The molecule has 0 bridgehead atoms. The third-order valence-corrected chi connectivity index (χ3v) is 10.0. The van der Waals surface area contributed by atoms with Crippen molar-refractivity contribution in [3.8, 4) is 0 Å². The molecule has 4 heteroatoms. The van der Waals surface area contributed by atoms with Crippen LogP contribution in [0.25, 0.3) is 0 Å². The van der Waals surface area contributed by atoms with Crippen LogP contribution >= 0.6 is 0 Å². The van der Waals surface area contributed by atoms with Crippen LogP contribution in [0, 0.1) is 11.8 Å². The van der Waals surface area contributed by atoms with E-state index in [0.29, 0.717) is 11.6 Å². The van der Waals surface area contributed by atoms with Gasteiger partial charge in [0.2, 0.25) is 0 Å². The van der Waals surface area contributed by atoms with Crippen molar-refractivity contribution in [1.82, 2.24) is 4.98 Å². The summed E-state index contributed by atoms with van der Waals surface area (Å²) in [5.41, 5.74) is 0.610. The molecule has 2 saturated carbocycles. The quantitative estimate of drug-likeness (QED) is 0.552. The monoisotopic (exact) mass is 355 g/mol. The Hall–Kier alpha value is 0.0969. The molecular formula is C20H41NO2Si. The van der Waals surface area contributed by atoms with Gasteiger partial charge in [-0.25, -0.2) is 0 Å². The molecule has 4 unspecified atom stereocenters. The maximum absolute atomic E-state index is 6.65. The average Bonchev–Trinajstić information content (AvgIpc) is 2.60. The normalized spacial score (nSPS) is 32.0. The van der Waals surface area contributed by atoms with Crippen LogP contribution in [-0.2, 0) is 8.85 Å². The fraction of sp³-hybridized carbons (Fsp3) is 1.00. The highest BCUT2D eigenvalue weighted by molar-refractivity contribution is 6.66. The van der Waals surface area contributed by atoms with Gasteiger partial charge in [0.1, 0.15) is 0 Å². The van der Waals surface area contributed by atoms with Gasteiger partial charge in [0.25, 0.3) is 0 Å². The molecule has 3 nitrogen and oxygen atoms in total. The molecule has 24 heavy (non-hydrogen) atoms. The van der Waals surface area contributed by atoms with E-state index >= 15 is 0 Å². The molecule has 0 aromatic carbocycles. The van der Waals surface area contributed by atoms with Gasteiger partial charge in [0.15, 0.2) is 0 Å². The van der Waals surface area contributed by atoms with Gasteiger partial charge in [-0.2, -0.15) is 0 Å². The van der Waals surface area contributed by atoms with E-state index in [-0.39, 0.29) is 0 Å². The summed E-state index contributed by atoms with van der Waals surface area (Å²) in [6.45, 7) is 11.0. The van der Waals surface area contributed by atoms with Crippen LogP contribution in [0.1, 0.15) is 91.9 Å². The Balaban J connectivity index is 2.20. The standard InChI is InChI=1S/C20H41NO2Si/c1-5-15-22-24(23-16-6-2,20-14-10-8-12-18(20)4)21-19-13-9-7-11-17(19)3/h17-21H,5-16H2,1-4H3. The predicted molar refractivity (Wildman–Crippen MR) is 104 cm³/mol. The number of hydrogen-bond donors (Lipinski definition) is 1. The Kier molecular flexibility index (Phi) is 8.76. The lowest BCUT2D eigenvalue weighted by atomic mass is 9.87. The number of nitrogens with one attached hydrogen (secondary N) is 1. The highest BCUT2D eigenvalue weighted by atomic mass is 28.4. The molecule has 0 aliphatic heterocycles. The Morgan fingerprint density at radius 2 is 1.33 bits per heavy atom. The van der Waals surface area contributed by atoms with Gasteiger partial charge in [-0.05, 0) is 43.9 Å². The molecule has 2 aliphatic rings. The Bertz CT molecular complexity index is 345. The van der Waals surface area contributed by atoms with Gasteiger partial charge in [-0.15, -0.1) is 0 Å². The smallest absolute Gasteiger partial charge is 0.383 e. The SMILES string of the molecule is CCCO[Si](NC1CCCCC1C)(OCCC)C1CCCCC1C. The number of hydrogen-bond acceptors (Lipinski definition) is 3. The van der Waals surface area contributed by atoms with Crippen LogP contribution < -0.4 is 4.98 Å². The first-order valence-corrected chi connectivity index (χ1v) is 12.6. The molecule has 142 valence electrons. The number of rotatable bonds is 9. The second kappa shape index (κ2) is 10.3. The third-order valence-electron chi connectivity index (χ3n) is 6.14. The summed E-state index contributed by atoms with van der Waals surface area (Å²) in [7, 11) is -2.38. The highest BCUT2D eigenvalue weighted by Gasteiger charge is 2.51. The molecule has 0 spiro atoms. The van der Waals surface area contributed by atoms with Crippen LogP contribution in [0.5, 0.6) is 0 Å². The molecule has 1 N–H and O–H groups in total. The molecule has 0 heterocycles. The minimum Gasteiger partial charge on any atom is -0.383 e. The van der Waals surface area contributed by atoms with E-state index in [1.54, 1.807) is 0 Å². The van der Waals surface area contributed by atoms with Crippen molar-refractivity contribution in [2.45, 2.75) is 103 Å². The third kappa shape index (κ3) is 5.30. The molecule has 0 aromatic rings. The van der Waals surface area contributed by atoms with Crippen LogP contribution in [0.2, 0.25) is 5.54 Å². The minimum absolute atomic E-state index is 0.591. The summed E-state index contributed by atoms with van der Waals surface area (Å²) in [4.78, 5) is 4.08. The van der Waals surface area contributed by atoms with Gasteiger partial charge in [0, 0.05) is 24.8 Å². The van der Waals surface area contributed by atoms with Gasteiger partial charge >= 0.3 is 8.72 Å². The lowest BCUT2D eigenvalue weighted by molar-refractivity contribution is 0.118. The molecule has 4 atom stereocenters. The first-order valence-electron chi connectivity index (χ1n) is 10.7. The van der Waals surface area contributed by atoms with Crippen LogP contribution in [0.15, 0.2) is 0 Å². The van der Waals surface area contributed by atoms with Crippen LogP contribution in [0.4, 0.5) is 0 Å². The second-order valence-electron chi connectivity index (χ2n) is 8.25. The summed E-state index contributed by atoms with van der Waals surface area (Å²) in [5, 5.41) is 0. The maximum Gasteiger partial charge on any atom is 0.428 e. The van der Waals surface area contributed by atoms with Crippen molar-refractivity contribution >= 4 is 8.72 Å². The van der Waals surface area contributed by atoms with Crippen molar-refractivity contribution in [2.24, 2.45) is 11.8 Å².